The van der Waals surface area contributed by atoms with Gasteiger partial charge in [-0.25, -0.2) is 21.9 Å². The normalized spacial score (nSPS) is 19.4. The van der Waals surface area contributed by atoms with Crippen molar-refractivity contribution in [1.82, 2.24) is 4.72 Å². The number of nitrogens with one attached hydrogen (secondary N) is 1. The Morgan fingerprint density at radius 3 is 2.55 bits per heavy atom. The molecule has 1 aromatic carbocycles. The molecule has 1 aliphatic rings. The van der Waals surface area contributed by atoms with Crippen LogP contribution in [0.3, 0.4) is 0 Å². The lowest BCUT2D eigenvalue weighted by Gasteiger charge is -2.11. The molecule has 20 heavy (non-hydrogen) atoms. The zero-order valence-electron chi connectivity index (χ0n) is 10.7. The lowest BCUT2D eigenvalue weighted by molar-refractivity contribution is 0.105. The minimum Gasteiger partial charge on any atom is -0.399 e. The fraction of sp³-hybridized carbons (Fsp3) is 0.500. The summed E-state index contributed by atoms with van der Waals surface area (Å²) in [5.74, 6) is -2.40. The van der Waals surface area contributed by atoms with Gasteiger partial charge >= 0.3 is 0 Å². The second-order valence-electron chi connectivity index (χ2n) is 4.64. The van der Waals surface area contributed by atoms with Crippen LogP contribution in [-0.2, 0) is 14.8 Å². The van der Waals surface area contributed by atoms with Crippen LogP contribution in [0.1, 0.15) is 19.3 Å². The first-order chi connectivity index (χ1) is 9.40. The molecule has 0 saturated carbocycles. The highest BCUT2D eigenvalue weighted by molar-refractivity contribution is 7.89. The van der Waals surface area contributed by atoms with E-state index in [-0.39, 0.29) is 18.3 Å². The topological polar surface area (TPSA) is 81.4 Å². The second kappa shape index (κ2) is 6.02. The van der Waals surface area contributed by atoms with Crippen molar-refractivity contribution in [1.29, 1.82) is 0 Å². The van der Waals surface area contributed by atoms with Crippen molar-refractivity contribution < 1.29 is 21.9 Å². The molecule has 0 radical (unpaired) electrons. The monoisotopic (exact) mass is 306 g/mol. The van der Waals surface area contributed by atoms with E-state index in [0.29, 0.717) is 13.0 Å². The summed E-state index contributed by atoms with van der Waals surface area (Å²) in [5.41, 5.74) is 5.07. The molecule has 1 atom stereocenters. The van der Waals surface area contributed by atoms with Crippen LogP contribution >= 0.6 is 0 Å². The number of ether oxygens (including phenoxy) is 1. The fourth-order valence-corrected chi connectivity index (χ4v) is 3.30. The van der Waals surface area contributed by atoms with E-state index in [9.17, 15) is 17.2 Å². The van der Waals surface area contributed by atoms with Crippen LogP contribution in [0.25, 0.3) is 0 Å². The molecule has 0 spiro atoms. The Morgan fingerprint density at radius 1 is 1.35 bits per heavy atom. The van der Waals surface area contributed by atoms with Gasteiger partial charge < -0.3 is 10.5 Å². The van der Waals surface area contributed by atoms with Gasteiger partial charge in [0.05, 0.1) is 6.10 Å². The van der Waals surface area contributed by atoms with Crippen LogP contribution < -0.4 is 10.5 Å². The predicted molar refractivity (Wildman–Crippen MR) is 69.5 cm³/mol. The molecule has 0 amide bonds. The average Bonchev–Trinajstić information content (AvgIpc) is 2.79. The first kappa shape index (κ1) is 15.1. The summed E-state index contributed by atoms with van der Waals surface area (Å²) < 4.78 is 58.4. The minimum absolute atomic E-state index is 0.00110. The summed E-state index contributed by atoms with van der Waals surface area (Å²) in [6, 6.07) is 1.55. The van der Waals surface area contributed by atoms with Crippen molar-refractivity contribution in [3.8, 4) is 0 Å². The van der Waals surface area contributed by atoms with Gasteiger partial charge in [-0.1, -0.05) is 0 Å². The molecule has 1 heterocycles. The average molecular weight is 306 g/mol. The van der Waals surface area contributed by atoms with Crippen molar-refractivity contribution in [2.24, 2.45) is 0 Å². The molecule has 1 unspecified atom stereocenters. The smallest absolute Gasteiger partial charge is 0.246 e. The van der Waals surface area contributed by atoms with E-state index in [4.69, 9.17) is 10.5 Å². The Labute approximate surface area is 116 Å². The SMILES string of the molecule is Nc1cc(F)c(S(=O)(=O)NCCC2CCCO2)c(F)c1. The molecule has 1 fully saturated rings. The molecule has 1 aromatic rings. The fourth-order valence-electron chi connectivity index (χ4n) is 2.13. The number of sulfonamides is 1. The first-order valence-electron chi connectivity index (χ1n) is 6.26. The zero-order valence-corrected chi connectivity index (χ0v) is 11.6. The first-order valence-corrected chi connectivity index (χ1v) is 7.74. The van der Waals surface area contributed by atoms with E-state index in [0.717, 1.165) is 25.0 Å². The third-order valence-electron chi connectivity index (χ3n) is 3.07. The number of benzene rings is 1. The summed E-state index contributed by atoms with van der Waals surface area (Å²) in [4.78, 5) is -1.00. The van der Waals surface area contributed by atoms with Gasteiger partial charge in [0.2, 0.25) is 10.0 Å². The number of hydrogen-bond donors (Lipinski definition) is 2. The predicted octanol–water partition coefficient (Wildman–Crippen LogP) is 1.39. The highest BCUT2D eigenvalue weighted by atomic mass is 32.2. The van der Waals surface area contributed by atoms with E-state index >= 15 is 0 Å². The molecule has 112 valence electrons. The van der Waals surface area contributed by atoms with Gasteiger partial charge in [-0.3, -0.25) is 0 Å². The van der Waals surface area contributed by atoms with Crippen LogP contribution in [0.15, 0.2) is 17.0 Å². The Bertz CT molecular complexity index is 563. The number of rotatable bonds is 5. The maximum absolute atomic E-state index is 13.6. The number of nitrogen functional groups attached to an aromatic ring is 1. The maximum atomic E-state index is 13.6. The Hall–Kier alpha value is -1.25. The van der Waals surface area contributed by atoms with E-state index in [1.54, 1.807) is 0 Å². The lowest BCUT2D eigenvalue weighted by atomic mass is 10.2. The maximum Gasteiger partial charge on any atom is 0.246 e. The quantitative estimate of drug-likeness (QED) is 0.806. The molecule has 0 aromatic heterocycles. The summed E-state index contributed by atoms with van der Waals surface area (Å²) in [7, 11) is -4.24. The number of nitrogens with two attached hydrogens (primary N) is 1. The molecule has 5 nitrogen and oxygen atoms in total. The summed E-state index contributed by atoms with van der Waals surface area (Å²) >= 11 is 0. The van der Waals surface area contributed by atoms with E-state index in [1.807, 2.05) is 0 Å². The number of anilines is 1. The van der Waals surface area contributed by atoms with Gasteiger partial charge in [-0.2, -0.15) is 0 Å². The molecule has 0 bridgehead atoms. The van der Waals surface area contributed by atoms with E-state index in [1.165, 1.54) is 0 Å². The molecule has 1 aliphatic heterocycles. The van der Waals surface area contributed by atoms with Gasteiger partial charge in [0.15, 0.2) is 4.90 Å². The van der Waals surface area contributed by atoms with Crippen molar-refractivity contribution in [2.75, 3.05) is 18.9 Å². The molecule has 2 rings (SSSR count). The van der Waals surface area contributed by atoms with Gasteiger partial charge in [-0.05, 0) is 31.4 Å². The third kappa shape index (κ3) is 3.44. The lowest BCUT2D eigenvalue weighted by Crippen LogP contribution is -2.28. The van der Waals surface area contributed by atoms with E-state index in [2.05, 4.69) is 4.72 Å². The van der Waals surface area contributed by atoms with Gasteiger partial charge in [-0.15, -0.1) is 0 Å². The molecular weight excluding hydrogens is 290 g/mol. The molecule has 8 heteroatoms. The van der Waals surface area contributed by atoms with Crippen LogP contribution in [0, 0.1) is 11.6 Å². The van der Waals surface area contributed by atoms with Crippen molar-refractivity contribution >= 4 is 15.7 Å². The standard InChI is InChI=1S/C12H16F2N2O3S/c13-10-6-8(15)7-11(14)12(10)20(17,18)16-4-3-9-2-1-5-19-9/h6-7,9,16H,1-5,15H2. The van der Waals surface area contributed by atoms with Crippen LogP contribution in [0.4, 0.5) is 14.5 Å². The van der Waals surface area contributed by atoms with Crippen LogP contribution in [-0.4, -0.2) is 27.7 Å². The second-order valence-corrected chi connectivity index (χ2v) is 6.34. The Balaban J connectivity index is 2.06. The van der Waals surface area contributed by atoms with Crippen molar-refractivity contribution in [3.05, 3.63) is 23.8 Å². The van der Waals surface area contributed by atoms with E-state index < -0.39 is 26.6 Å². The van der Waals surface area contributed by atoms with Gasteiger partial charge in [0.1, 0.15) is 11.6 Å². The molecule has 0 aliphatic carbocycles. The Kier molecular flexibility index (Phi) is 4.56. The summed E-state index contributed by atoms with van der Waals surface area (Å²) in [6.45, 7) is 0.731. The van der Waals surface area contributed by atoms with Crippen LogP contribution in [0.2, 0.25) is 0 Å². The largest absolute Gasteiger partial charge is 0.399 e. The van der Waals surface area contributed by atoms with Crippen molar-refractivity contribution in [3.63, 3.8) is 0 Å². The van der Waals surface area contributed by atoms with Crippen LogP contribution in [0.5, 0.6) is 0 Å². The molecular formula is C12H16F2N2O3S. The summed E-state index contributed by atoms with van der Waals surface area (Å²) in [6.07, 6.45) is 2.28. The number of halogens is 2. The highest BCUT2D eigenvalue weighted by Gasteiger charge is 2.25. The Morgan fingerprint density at radius 2 is 2.00 bits per heavy atom. The minimum atomic E-state index is -4.24. The summed E-state index contributed by atoms with van der Waals surface area (Å²) in [5, 5.41) is 0. The van der Waals surface area contributed by atoms with Crippen molar-refractivity contribution in [2.45, 2.75) is 30.3 Å². The van der Waals surface area contributed by atoms with Gasteiger partial charge in [0.25, 0.3) is 0 Å². The highest BCUT2D eigenvalue weighted by Crippen LogP contribution is 2.22. The molecule has 1 saturated heterocycles. The van der Waals surface area contributed by atoms with Gasteiger partial charge in [0, 0.05) is 18.8 Å². The number of hydrogen-bond acceptors (Lipinski definition) is 4. The zero-order chi connectivity index (χ0) is 14.8. The third-order valence-corrected chi connectivity index (χ3v) is 4.58. The molecule has 3 N–H and O–H groups in total.